The summed E-state index contributed by atoms with van der Waals surface area (Å²) in [5.41, 5.74) is 5.30. The molecular weight excluding hydrogens is 430 g/mol. The lowest BCUT2D eigenvalue weighted by molar-refractivity contribution is 0.618. The van der Waals surface area contributed by atoms with E-state index in [1.165, 1.54) is 0 Å². The van der Waals surface area contributed by atoms with E-state index < -0.39 is 0 Å². The summed E-state index contributed by atoms with van der Waals surface area (Å²) in [4.78, 5) is 0. The Hall–Kier alpha value is -2.78. The van der Waals surface area contributed by atoms with Gasteiger partial charge in [0.1, 0.15) is 11.6 Å². The molecule has 0 fully saturated rings. The third kappa shape index (κ3) is 5.61. The second-order valence-electron chi connectivity index (χ2n) is 6.64. The van der Waals surface area contributed by atoms with Gasteiger partial charge >= 0.3 is 0 Å². The summed E-state index contributed by atoms with van der Waals surface area (Å²) < 4.78 is 26.8. The SMILES string of the molecule is Cc1ccc(-c2ccccc2)cc1F.Fc1cc(-c2ccccc2)ccc1CBr. The van der Waals surface area contributed by atoms with Gasteiger partial charge in [0.25, 0.3) is 0 Å². The maximum Gasteiger partial charge on any atom is 0.127 e. The molecule has 0 aliphatic rings. The molecule has 0 saturated carbocycles. The Morgan fingerprint density at radius 1 is 0.586 bits per heavy atom. The Bertz CT molecular complexity index is 1060. The number of benzene rings is 4. The topological polar surface area (TPSA) is 0 Å². The molecule has 0 bridgehead atoms. The maximum atomic E-state index is 13.5. The van der Waals surface area contributed by atoms with Crippen LogP contribution < -0.4 is 0 Å². The number of alkyl halides is 1. The van der Waals surface area contributed by atoms with Crippen molar-refractivity contribution in [1.29, 1.82) is 0 Å². The van der Waals surface area contributed by atoms with Crippen molar-refractivity contribution in [3.63, 3.8) is 0 Å². The molecule has 4 rings (SSSR count). The molecule has 0 aromatic heterocycles. The van der Waals surface area contributed by atoms with Crippen LogP contribution in [0.3, 0.4) is 0 Å². The van der Waals surface area contributed by atoms with Gasteiger partial charge in [-0.25, -0.2) is 8.78 Å². The lowest BCUT2D eigenvalue weighted by Gasteiger charge is -2.04. The smallest absolute Gasteiger partial charge is 0.127 e. The van der Waals surface area contributed by atoms with E-state index in [1.54, 1.807) is 25.1 Å². The van der Waals surface area contributed by atoms with E-state index in [-0.39, 0.29) is 11.6 Å². The molecule has 3 heteroatoms. The van der Waals surface area contributed by atoms with Crippen LogP contribution in [0.5, 0.6) is 0 Å². The van der Waals surface area contributed by atoms with E-state index in [2.05, 4.69) is 15.9 Å². The summed E-state index contributed by atoms with van der Waals surface area (Å²) in [5, 5.41) is 0.550. The third-order valence-electron chi connectivity index (χ3n) is 4.58. The molecule has 4 aromatic rings. The van der Waals surface area contributed by atoms with E-state index in [9.17, 15) is 8.78 Å². The second-order valence-corrected chi connectivity index (χ2v) is 7.20. The minimum absolute atomic E-state index is 0.147. The van der Waals surface area contributed by atoms with Crippen molar-refractivity contribution in [3.8, 4) is 22.3 Å². The van der Waals surface area contributed by atoms with Crippen molar-refractivity contribution in [2.24, 2.45) is 0 Å². The summed E-state index contributed by atoms with van der Waals surface area (Å²) in [7, 11) is 0. The van der Waals surface area contributed by atoms with Crippen LogP contribution in [0.15, 0.2) is 97.1 Å². The molecule has 0 saturated heterocycles. The van der Waals surface area contributed by atoms with Gasteiger partial charge in [-0.1, -0.05) is 101 Å². The molecule has 29 heavy (non-hydrogen) atoms. The molecule has 0 amide bonds. The van der Waals surface area contributed by atoms with Crippen LogP contribution in [0.2, 0.25) is 0 Å². The quantitative estimate of drug-likeness (QED) is 0.276. The fourth-order valence-electron chi connectivity index (χ4n) is 2.87. The highest BCUT2D eigenvalue weighted by atomic mass is 79.9. The highest BCUT2D eigenvalue weighted by Gasteiger charge is 2.03. The monoisotopic (exact) mass is 450 g/mol. The molecule has 4 aromatic carbocycles. The lowest BCUT2D eigenvalue weighted by atomic mass is 10.0. The van der Waals surface area contributed by atoms with Gasteiger partial charge in [0.05, 0.1) is 0 Å². The largest absolute Gasteiger partial charge is 0.207 e. The first-order chi connectivity index (χ1) is 14.1. The van der Waals surface area contributed by atoms with Gasteiger partial charge in [0, 0.05) is 5.33 Å². The van der Waals surface area contributed by atoms with Crippen LogP contribution in [0.1, 0.15) is 11.1 Å². The number of halogens is 3. The van der Waals surface area contributed by atoms with E-state index in [0.29, 0.717) is 16.5 Å². The molecule has 0 radical (unpaired) electrons. The summed E-state index contributed by atoms with van der Waals surface area (Å²) in [5.74, 6) is -0.306. The van der Waals surface area contributed by atoms with Crippen molar-refractivity contribution in [1.82, 2.24) is 0 Å². The van der Waals surface area contributed by atoms with Gasteiger partial charge in [-0.2, -0.15) is 0 Å². The minimum atomic E-state index is -0.159. The van der Waals surface area contributed by atoms with Gasteiger partial charge in [-0.05, 0) is 52.4 Å². The Balaban J connectivity index is 0.000000166. The van der Waals surface area contributed by atoms with Gasteiger partial charge in [-0.15, -0.1) is 0 Å². The van der Waals surface area contributed by atoms with Crippen LogP contribution in [0, 0.1) is 18.6 Å². The maximum absolute atomic E-state index is 13.5. The van der Waals surface area contributed by atoms with Crippen molar-refractivity contribution >= 4 is 15.9 Å². The van der Waals surface area contributed by atoms with Crippen LogP contribution in [0.4, 0.5) is 8.78 Å². The zero-order chi connectivity index (χ0) is 20.6. The summed E-state index contributed by atoms with van der Waals surface area (Å²) in [6.07, 6.45) is 0. The van der Waals surface area contributed by atoms with E-state index in [1.807, 2.05) is 78.9 Å². The summed E-state index contributed by atoms with van der Waals surface area (Å²) in [6, 6.07) is 30.3. The third-order valence-corrected chi connectivity index (χ3v) is 5.19. The zero-order valence-corrected chi connectivity index (χ0v) is 17.7. The van der Waals surface area contributed by atoms with Crippen LogP contribution >= 0.6 is 15.9 Å². The fourth-order valence-corrected chi connectivity index (χ4v) is 3.32. The molecular formula is C26H21BrF2. The summed E-state index contributed by atoms with van der Waals surface area (Å²) >= 11 is 3.25. The fraction of sp³-hybridized carbons (Fsp3) is 0.0769. The van der Waals surface area contributed by atoms with Crippen LogP contribution in [-0.2, 0) is 5.33 Å². The highest BCUT2D eigenvalue weighted by Crippen LogP contribution is 2.23. The van der Waals surface area contributed by atoms with Crippen LogP contribution in [-0.4, -0.2) is 0 Å². The van der Waals surface area contributed by atoms with Gasteiger partial charge in [0.15, 0.2) is 0 Å². The Morgan fingerprint density at radius 2 is 1.07 bits per heavy atom. The molecule has 0 nitrogen and oxygen atoms in total. The van der Waals surface area contributed by atoms with Crippen molar-refractivity contribution in [2.75, 3.05) is 0 Å². The Labute approximate surface area is 179 Å². The molecule has 0 aliphatic heterocycles. The number of rotatable bonds is 3. The Morgan fingerprint density at radius 3 is 1.52 bits per heavy atom. The molecule has 0 spiro atoms. The van der Waals surface area contributed by atoms with Gasteiger partial charge < -0.3 is 0 Å². The Kier molecular flexibility index (Phi) is 7.31. The van der Waals surface area contributed by atoms with Crippen molar-refractivity contribution in [2.45, 2.75) is 12.3 Å². The minimum Gasteiger partial charge on any atom is -0.207 e. The van der Waals surface area contributed by atoms with E-state index >= 15 is 0 Å². The number of hydrogen-bond acceptors (Lipinski definition) is 0. The standard InChI is InChI=1S/C13H10BrF.C13H11F/c14-9-12-7-6-11(8-13(12)15)10-4-2-1-3-5-10;1-10-7-8-12(9-13(10)14)11-5-3-2-4-6-11/h1-8H,9H2;2-9H,1H3. The predicted molar refractivity (Wildman–Crippen MR) is 121 cm³/mol. The number of aryl methyl sites for hydroxylation is 1. The first-order valence-electron chi connectivity index (χ1n) is 9.30. The van der Waals surface area contributed by atoms with Crippen molar-refractivity contribution in [3.05, 3.63) is 120 Å². The average Bonchev–Trinajstić information content (AvgIpc) is 2.77. The highest BCUT2D eigenvalue weighted by molar-refractivity contribution is 9.08. The zero-order valence-electron chi connectivity index (χ0n) is 16.1. The molecule has 0 N–H and O–H groups in total. The average molecular weight is 451 g/mol. The first kappa shape index (κ1) is 20.9. The lowest BCUT2D eigenvalue weighted by Crippen LogP contribution is -1.86. The molecule has 0 unspecified atom stereocenters. The second kappa shape index (κ2) is 10.1. The molecule has 0 heterocycles. The normalized spacial score (nSPS) is 10.2. The first-order valence-corrected chi connectivity index (χ1v) is 10.4. The van der Waals surface area contributed by atoms with Crippen LogP contribution in [0.25, 0.3) is 22.3 Å². The number of hydrogen-bond donors (Lipinski definition) is 0. The van der Waals surface area contributed by atoms with Gasteiger partial charge in [0.2, 0.25) is 0 Å². The molecule has 0 aliphatic carbocycles. The van der Waals surface area contributed by atoms with E-state index in [0.717, 1.165) is 22.3 Å². The van der Waals surface area contributed by atoms with Gasteiger partial charge in [-0.3, -0.25) is 0 Å². The summed E-state index contributed by atoms with van der Waals surface area (Å²) in [6.45, 7) is 1.77. The molecule has 0 atom stereocenters. The van der Waals surface area contributed by atoms with Crippen molar-refractivity contribution < 1.29 is 8.78 Å². The predicted octanol–water partition coefficient (Wildman–Crippen LogP) is 8.19. The molecule has 146 valence electrons. The van der Waals surface area contributed by atoms with E-state index in [4.69, 9.17) is 0 Å².